The molecule has 0 radical (unpaired) electrons. The van der Waals surface area contributed by atoms with Gasteiger partial charge in [0.05, 0.1) is 13.7 Å². The molecule has 0 aromatic carbocycles. The van der Waals surface area contributed by atoms with Gasteiger partial charge in [0, 0.05) is 50.5 Å². The molecule has 0 saturated carbocycles. The number of ether oxygens (including phenoxy) is 2. The first-order valence-corrected chi connectivity index (χ1v) is 8.44. The molecule has 9 heteroatoms. The number of likely N-dealkylation sites (tertiary alicyclic amines) is 1. The Morgan fingerprint density at radius 3 is 2.96 bits per heavy atom. The highest BCUT2D eigenvalue weighted by molar-refractivity contribution is 5.22. The fourth-order valence-corrected chi connectivity index (χ4v) is 3.38. The van der Waals surface area contributed by atoms with Crippen molar-refractivity contribution in [2.24, 2.45) is 0 Å². The number of aryl methyl sites for hydroxylation is 1. The zero-order chi connectivity index (χ0) is 17.2. The van der Waals surface area contributed by atoms with E-state index in [0.717, 1.165) is 38.3 Å². The SMILES string of the molecule is COc1ncncc1CN1CC(N2CCOC(c3nc(C)no3)C2)C1. The standard InChI is InChI=1S/C16H22N6O3/c1-11-19-16(25-20-11)14-9-22(3-4-24-14)13-7-21(8-13)6-12-5-17-10-18-15(12)23-2/h5,10,13-14H,3-4,6-9H2,1-2H3. The van der Waals surface area contributed by atoms with Gasteiger partial charge in [-0.3, -0.25) is 9.80 Å². The van der Waals surface area contributed by atoms with E-state index < -0.39 is 0 Å². The molecule has 2 saturated heterocycles. The molecule has 2 aliphatic rings. The van der Waals surface area contributed by atoms with Crippen LogP contribution in [0.25, 0.3) is 0 Å². The molecule has 0 aliphatic carbocycles. The van der Waals surface area contributed by atoms with E-state index in [0.29, 0.717) is 30.2 Å². The fourth-order valence-electron chi connectivity index (χ4n) is 3.38. The highest BCUT2D eigenvalue weighted by Gasteiger charge is 2.36. The molecule has 2 aromatic heterocycles. The number of rotatable bonds is 5. The molecule has 0 N–H and O–H groups in total. The first-order valence-electron chi connectivity index (χ1n) is 8.44. The van der Waals surface area contributed by atoms with Gasteiger partial charge in [0.25, 0.3) is 5.89 Å². The number of morpholine rings is 1. The van der Waals surface area contributed by atoms with E-state index in [4.69, 9.17) is 14.0 Å². The van der Waals surface area contributed by atoms with E-state index in [9.17, 15) is 0 Å². The summed E-state index contributed by atoms with van der Waals surface area (Å²) in [6.45, 7) is 7.04. The van der Waals surface area contributed by atoms with Gasteiger partial charge < -0.3 is 14.0 Å². The Hall–Kier alpha value is -2.10. The van der Waals surface area contributed by atoms with Crippen molar-refractivity contribution in [1.82, 2.24) is 29.9 Å². The Labute approximate surface area is 145 Å². The summed E-state index contributed by atoms with van der Waals surface area (Å²) in [6.07, 6.45) is 3.20. The van der Waals surface area contributed by atoms with Crippen LogP contribution in [0.15, 0.2) is 17.0 Å². The monoisotopic (exact) mass is 346 g/mol. The van der Waals surface area contributed by atoms with Crippen LogP contribution >= 0.6 is 0 Å². The Morgan fingerprint density at radius 2 is 2.20 bits per heavy atom. The van der Waals surface area contributed by atoms with Crippen LogP contribution in [0.4, 0.5) is 0 Å². The van der Waals surface area contributed by atoms with Crippen LogP contribution in [0.3, 0.4) is 0 Å². The smallest absolute Gasteiger partial charge is 0.257 e. The zero-order valence-corrected chi connectivity index (χ0v) is 14.5. The number of methoxy groups -OCH3 is 1. The van der Waals surface area contributed by atoms with Gasteiger partial charge in [0.1, 0.15) is 12.4 Å². The van der Waals surface area contributed by atoms with Crippen molar-refractivity contribution < 1.29 is 14.0 Å². The average molecular weight is 346 g/mol. The van der Waals surface area contributed by atoms with E-state index in [-0.39, 0.29) is 6.10 Å². The number of nitrogens with zero attached hydrogens (tertiary/aromatic N) is 6. The molecule has 1 unspecified atom stereocenters. The molecule has 4 rings (SSSR count). The summed E-state index contributed by atoms with van der Waals surface area (Å²) < 4.78 is 16.3. The molecule has 2 aromatic rings. The van der Waals surface area contributed by atoms with Crippen LogP contribution in [0.1, 0.15) is 23.4 Å². The van der Waals surface area contributed by atoms with Gasteiger partial charge >= 0.3 is 0 Å². The summed E-state index contributed by atoms with van der Waals surface area (Å²) in [7, 11) is 1.64. The second-order valence-electron chi connectivity index (χ2n) is 6.44. The maximum atomic E-state index is 5.79. The van der Waals surface area contributed by atoms with Crippen molar-refractivity contribution in [3.8, 4) is 5.88 Å². The highest BCUT2D eigenvalue weighted by Crippen LogP contribution is 2.26. The van der Waals surface area contributed by atoms with E-state index in [1.54, 1.807) is 7.11 Å². The zero-order valence-electron chi connectivity index (χ0n) is 14.5. The topological polar surface area (TPSA) is 89.6 Å². The maximum absolute atomic E-state index is 5.79. The van der Waals surface area contributed by atoms with Gasteiger partial charge in [-0.2, -0.15) is 4.98 Å². The lowest BCUT2D eigenvalue weighted by atomic mass is 10.0. The van der Waals surface area contributed by atoms with Gasteiger partial charge in [0.15, 0.2) is 5.82 Å². The summed E-state index contributed by atoms with van der Waals surface area (Å²) in [6, 6.07) is 0.519. The highest BCUT2D eigenvalue weighted by atomic mass is 16.5. The number of aromatic nitrogens is 4. The van der Waals surface area contributed by atoms with E-state index in [1.807, 2.05) is 13.1 Å². The summed E-state index contributed by atoms with van der Waals surface area (Å²) in [5, 5.41) is 3.85. The number of hydrogen-bond donors (Lipinski definition) is 0. The molecule has 134 valence electrons. The molecule has 9 nitrogen and oxygen atoms in total. The molecule has 0 amide bonds. The van der Waals surface area contributed by atoms with Gasteiger partial charge in [-0.05, 0) is 6.92 Å². The second-order valence-corrected chi connectivity index (χ2v) is 6.44. The van der Waals surface area contributed by atoms with Crippen LogP contribution in [0, 0.1) is 6.92 Å². The van der Waals surface area contributed by atoms with Crippen LogP contribution in [-0.2, 0) is 11.3 Å². The minimum atomic E-state index is -0.133. The first kappa shape index (κ1) is 16.4. The van der Waals surface area contributed by atoms with Crippen LogP contribution in [-0.4, -0.2) is 75.8 Å². The quantitative estimate of drug-likeness (QED) is 0.764. The predicted molar refractivity (Wildman–Crippen MR) is 87.0 cm³/mol. The van der Waals surface area contributed by atoms with E-state index in [2.05, 4.69) is 29.9 Å². The average Bonchev–Trinajstić information content (AvgIpc) is 3.04. The van der Waals surface area contributed by atoms with Crippen LogP contribution < -0.4 is 4.74 Å². The third-order valence-corrected chi connectivity index (χ3v) is 4.70. The lowest BCUT2D eigenvalue weighted by Crippen LogP contribution is -2.61. The van der Waals surface area contributed by atoms with Gasteiger partial charge in [0.2, 0.25) is 5.88 Å². The summed E-state index contributed by atoms with van der Waals surface area (Å²) >= 11 is 0. The van der Waals surface area contributed by atoms with E-state index in [1.165, 1.54) is 6.33 Å². The normalized spacial score (nSPS) is 22.7. The van der Waals surface area contributed by atoms with Crippen molar-refractivity contribution in [2.45, 2.75) is 25.6 Å². The Bertz CT molecular complexity index is 717. The molecular formula is C16H22N6O3. The number of hydrogen-bond acceptors (Lipinski definition) is 9. The molecule has 0 spiro atoms. The van der Waals surface area contributed by atoms with Crippen molar-refractivity contribution in [3.05, 3.63) is 29.8 Å². The Kier molecular flexibility index (Phi) is 4.60. The molecule has 0 bridgehead atoms. The molecule has 2 fully saturated rings. The van der Waals surface area contributed by atoms with Crippen molar-refractivity contribution in [2.75, 3.05) is 39.9 Å². The lowest BCUT2D eigenvalue weighted by molar-refractivity contribution is -0.0844. The molecule has 25 heavy (non-hydrogen) atoms. The molecule has 1 atom stereocenters. The third kappa shape index (κ3) is 3.48. The fraction of sp³-hybridized carbons (Fsp3) is 0.625. The molecular weight excluding hydrogens is 324 g/mol. The van der Waals surface area contributed by atoms with Crippen molar-refractivity contribution in [1.29, 1.82) is 0 Å². The largest absolute Gasteiger partial charge is 0.481 e. The van der Waals surface area contributed by atoms with Crippen LogP contribution in [0.2, 0.25) is 0 Å². The maximum Gasteiger partial charge on any atom is 0.257 e. The van der Waals surface area contributed by atoms with Crippen LogP contribution in [0.5, 0.6) is 5.88 Å². The van der Waals surface area contributed by atoms with Gasteiger partial charge in [-0.1, -0.05) is 5.16 Å². The van der Waals surface area contributed by atoms with Crippen molar-refractivity contribution in [3.63, 3.8) is 0 Å². The minimum absolute atomic E-state index is 0.133. The van der Waals surface area contributed by atoms with Crippen molar-refractivity contribution >= 4 is 0 Å². The molecule has 4 heterocycles. The third-order valence-electron chi connectivity index (χ3n) is 4.70. The van der Waals surface area contributed by atoms with Gasteiger partial charge in [-0.25, -0.2) is 9.97 Å². The summed E-state index contributed by atoms with van der Waals surface area (Å²) in [5.74, 6) is 1.87. The Morgan fingerprint density at radius 1 is 1.32 bits per heavy atom. The lowest BCUT2D eigenvalue weighted by Gasteiger charge is -2.47. The molecule has 2 aliphatic heterocycles. The minimum Gasteiger partial charge on any atom is -0.481 e. The Balaban J connectivity index is 1.31. The first-order chi connectivity index (χ1) is 12.2. The van der Waals surface area contributed by atoms with E-state index >= 15 is 0 Å². The summed E-state index contributed by atoms with van der Waals surface area (Å²) in [4.78, 5) is 17.4. The second kappa shape index (κ2) is 7.03. The van der Waals surface area contributed by atoms with Gasteiger partial charge in [-0.15, -0.1) is 0 Å². The summed E-state index contributed by atoms with van der Waals surface area (Å²) in [5.41, 5.74) is 1.02. The predicted octanol–water partition coefficient (Wildman–Crippen LogP) is 0.434.